The van der Waals surface area contributed by atoms with Crippen LogP contribution in [0.5, 0.6) is 5.75 Å². The van der Waals surface area contributed by atoms with E-state index in [2.05, 4.69) is 42.6 Å². The standard InChI is InChI=1S/C20H27NO3/c1-15(21-13-12-18(22)14-23-2)16-8-10-17(11-9-16)19-6-4-5-7-20(19)24-3/h4-11,15,18,21-22H,12-14H2,1-3H3. The van der Waals surface area contributed by atoms with E-state index in [1.54, 1.807) is 14.2 Å². The third kappa shape index (κ3) is 5.06. The molecule has 2 N–H and O–H groups in total. The third-order valence-corrected chi connectivity index (χ3v) is 4.12. The Balaban J connectivity index is 1.96. The predicted octanol–water partition coefficient (Wildman–Crippen LogP) is 3.41. The van der Waals surface area contributed by atoms with E-state index in [9.17, 15) is 5.11 Å². The average molecular weight is 329 g/mol. The van der Waals surface area contributed by atoms with Crippen molar-refractivity contribution in [3.63, 3.8) is 0 Å². The van der Waals surface area contributed by atoms with Gasteiger partial charge in [0, 0.05) is 18.7 Å². The maximum atomic E-state index is 9.67. The van der Waals surface area contributed by atoms with Gasteiger partial charge in [-0.2, -0.15) is 0 Å². The summed E-state index contributed by atoms with van der Waals surface area (Å²) in [5.74, 6) is 0.878. The Morgan fingerprint density at radius 1 is 1.04 bits per heavy atom. The first-order chi connectivity index (χ1) is 11.7. The van der Waals surface area contributed by atoms with Crippen molar-refractivity contribution in [2.75, 3.05) is 27.4 Å². The van der Waals surface area contributed by atoms with E-state index in [1.165, 1.54) is 5.56 Å². The zero-order valence-corrected chi connectivity index (χ0v) is 14.7. The molecule has 24 heavy (non-hydrogen) atoms. The van der Waals surface area contributed by atoms with E-state index >= 15 is 0 Å². The Labute approximate surface area is 144 Å². The quantitative estimate of drug-likeness (QED) is 0.740. The van der Waals surface area contributed by atoms with Gasteiger partial charge in [0.1, 0.15) is 5.75 Å². The molecular formula is C20H27NO3. The first kappa shape index (κ1) is 18.5. The molecule has 4 heteroatoms. The summed E-state index contributed by atoms with van der Waals surface area (Å²) in [6.07, 6.45) is 0.264. The number of hydrogen-bond donors (Lipinski definition) is 2. The molecule has 0 spiro atoms. The fourth-order valence-corrected chi connectivity index (χ4v) is 2.69. The lowest BCUT2D eigenvalue weighted by molar-refractivity contribution is 0.0590. The van der Waals surface area contributed by atoms with Gasteiger partial charge in [-0.05, 0) is 37.1 Å². The Morgan fingerprint density at radius 3 is 2.42 bits per heavy atom. The minimum atomic E-state index is -0.414. The summed E-state index contributed by atoms with van der Waals surface area (Å²) < 4.78 is 10.4. The zero-order chi connectivity index (χ0) is 17.4. The first-order valence-corrected chi connectivity index (χ1v) is 8.29. The van der Waals surface area contributed by atoms with Gasteiger partial charge in [-0.15, -0.1) is 0 Å². The molecule has 0 saturated carbocycles. The number of rotatable bonds is 9. The summed E-state index contributed by atoms with van der Waals surface area (Å²) in [4.78, 5) is 0. The van der Waals surface area contributed by atoms with Crippen molar-refractivity contribution < 1.29 is 14.6 Å². The highest BCUT2D eigenvalue weighted by Crippen LogP contribution is 2.30. The molecule has 130 valence electrons. The van der Waals surface area contributed by atoms with E-state index in [0.717, 1.165) is 23.4 Å². The molecule has 0 aliphatic heterocycles. The Morgan fingerprint density at radius 2 is 1.75 bits per heavy atom. The van der Waals surface area contributed by atoms with Gasteiger partial charge in [-0.1, -0.05) is 42.5 Å². The van der Waals surface area contributed by atoms with E-state index < -0.39 is 6.10 Å². The Kier molecular flexibility index (Phi) is 7.25. The lowest BCUT2D eigenvalue weighted by Gasteiger charge is -2.17. The predicted molar refractivity (Wildman–Crippen MR) is 97.3 cm³/mol. The SMILES string of the molecule is COCC(O)CCNC(C)c1ccc(-c2ccccc2OC)cc1. The second kappa shape index (κ2) is 9.42. The second-order valence-electron chi connectivity index (χ2n) is 5.90. The number of methoxy groups -OCH3 is 2. The summed E-state index contributed by atoms with van der Waals surface area (Å²) in [6, 6.07) is 16.7. The molecule has 2 aromatic rings. The molecule has 0 amide bonds. The highest BCUT2D eigenvalue weighted by molar-refractivity contribution is 5.70. The van der Waals surface area contributed by atoms with Gasteiger partial charge in [0.25, 0.3) is 0 Å². The van der Waals surface area contributed by atoms with Crippen molar-refractivity contribution in [1.82, 2.24) is 5.32 Å². The molecule has 2 unspecified atom stereocenters. The number of nitrogens with one attached hydrogen (secondary N) is 1. The molecule has 0 fully saturated rings. The normalized spacial score (nSPS) is 13.5. The molecule has 0 aliphatic carbocycles. The molecule has 0 radical (unpaired) electrons. The van der Waals surface area contributed by atoms with Crippen molar-refractivity contribution in [3.05, 3.63) is 54.1 Å². The van der Waals surface area contributed by atoms with Crippen LogP contribution in [0.1, 0.15) is 24.9 Å². The van der Waals surface area contributed by atoms with Crippen LogP contribution in [-0.4, -0.2) is 38.6 Å². The largest absolute Gasteiger partial charge is 0.496 e. The van der Waals surface area contributed by atoms with Crippen LogP contribution in [0.4, 0.5) is 0 Å². The molecule has 0 aromatic heterocycles. The van der Waals surface area contributed by atoms with Crippen LogP contribution in [0.2, 0.25) is 0 Å². The molecule has 2 atom stereocenters. The van der Waals surface area contributed by atoms with E-state index in [4.69, 9.17) is 9.47 Å². The minimum Gasteiger partial charge on any atom is -0.496 e. The van der Waals surface area contributed by atoms with Crippen molar-refractivity contribution in [2.24, 2.45) is 0 Å². The van der Waals surface area contributed by atoms with Gasteiger partial charge >= 0.3 is 0 Å². The molecule has 2 rings (SSSR count). The van der Waals surface area contributed by atoms with E-state index in [1.807, 2.05) is 18.2 Å². The molecule has 0 aliphatic rings. The van der Waals surface area contributed by atoms with Gasteiger partial charge in [0.15, 0.2) is 0 Å². The molecule has 2 aromatic carbocycles. The fraction of sp³-hybridized carbons (Fsp3) is 0.400. The molecule has 0 bridgehead atoms. The molecular weight excluding hydrogens is 302 g/mol. The minimum absolute atomic E-state index is 0.228. The lowest BCUT2D eigenvalue weighted by Crippen LogP contribution is -2.25. The first-order valence-electron chi connectivity index (χ1n) is 8.29. The van der Waals surface area contributed by atoms with Gasteiger partial charge in [-0.25, -0.2) is 0 Å². The summed E-state index contributed by atoms with van der Waals surface area (Å²) in [7, 11) is 3.29. The Hall–Kier alpha value is -1.88. The second-order valence-corrected chi connectivity index (χ2v) is 5.90. The smallest absolute Gasteiger partial charge is 0.126 e. The van der Waals surface area contributed by atoms with E-state index in [-0.39, 0.29) is 6.04 Å². The number of aliphatic hydroxyl groups excluding tert-OH is 1. The van der Waals surface area contributed by atoms with E-state index in [0.29, 0.717) is 13.0 Å². The summed E-state index contributed by atoms with van der Waals surface area (Å²) in [5.41, 5.74) is 3.45. The van der Waals surface area contributed by atoms with Crippen molar-refractivity contribution >= 4 is 0 Å². The number of aliphatic hydroxyl groups is 1. The van der Waals surface area contributed by atoms with Gasteiger partial charge in [-0.3, -0.25) is 0 Å². The topological polar surface area (TPSA) is 50.7 Å². The fourth-order valence-electron chi connectivity index (χ4n) is 2.69. The zero-order valence-electron chi connectivity index (χ0n) is 14.7. The Bertz CT molecular complexity index is 613. The highest BCUT2D eigenvalue weighted by atomic mass is 16.5. The van der Waals surface area contributed by atoms with Crippen molar-refractivity contribution in [1.29, 1.82) is 0 Å². The number of hydrogen-bond acceptors (Lipinski definition) is 4. The van der Waals surface area contributed by atoms with Gasteiger partial charge in [0.2, 0.25) is 0 Å². The molecule has 0 heterocycles. The summed E-state index contributed by atoms with van der Waals surface area (Å²) in [5, 5.41) is 13.1. The van der Waals surface area contributed by atoms with Crippen LogP contribution in [0.15, 0.2) is 48.5 Å². The maximum Gasteiger partial charge on any atom is 0.126 e. The summed E-state index contributed by atoms with van der Waals surface area (Å²) in [6.45, 7) is 3.25. The highest BCUT2D eigenvalue weighted by Gasteiger charge is 2.09. The van der Waals surface area contributed by atoms with Crippen LogP contribution in [0, 0.1) is 0 Å². The van der Waals surface area contributed by atoms with Gasteiger partial charge < -0.3 is 19.9 Å². The van der Waals surface area contributed by atoms with Crippen LogP contribution in [-0.2, 0) is 4.74 Å². The number of para-hydroxylation sites is 1. The number of benzene rings is 2. The van der Waals surface area contributed by atoms with Crippen molar-refractivity contribution in [2.45, 2.75) is 25.5 Å². The van der Waals surface area contributed by atoms with Crippen LogP contribution < -0.4 is 10.1 Å². The molecule has 0 saturated heterocycles. The maximum absolute atomic E-state index is 9.67. The lowest BCUT2D eigenvalue weighted by atomic mass is 10.0. The molecule has 4 nitrogen and oxygen atoms in total. The monoisotopic (exact) mass is 329 g/mol. The number of ether oxygens (including phenoxy) is 2. The van der Waals surface area contributed by atoms with Crippen LogP contribution in [0.3, 0.4) is 0 Å². The third-order valence-electron chi connectivity index (χ3n) is 4.12. The van der Waals surface area contributed by atoms with Crippen LogP contribution >= 0.6 is 0 Å². The average Bonchev–Trinajstić information content (AvgIpc) is 2.62. The van der Waals surface area contributed by atoms with Crippen LogP contribution in [0.25, 0.3) is 11.1 Å². The van der Waals surface area contributed by atoms with Crippen molar-refractivity contribution in [3.8, 4) is 16.9 Å². The summed E-state index contributed by atoms with van der Waals surface area (Å²) >= 11 is 0. The van der Waals surface area contributed by atoms with Gasteiger partial charge in [0.05, 0.1) is 19.8 Å².